The molecular formula is C11H14O. The summed E-state index contributed by atoms with van der Waals surface area (Å²) >= 11 is 0. The fraction of sp³-hybridized carbons (Fsp3) is 0.455. The van der Waals surface area contributed by atoms with Gasteiger partial charge in [0.2, 0.25) is 0 Å². The molecule has 1 nitrogen and oxygen atoms in total. The highest BCUT2D eigenvalue weighted by Gasteiger charge is 2.26. The van der Waals surface area contributed by atoms with E-state index in [1.165, 1.54) is 12.8 Å². The molecule has 2 rings (SSSR count). The lowest BCUT2D eigenvalue weighted by Crippen LogP contribution is -1.86. The second-order valence-electron chi connectivity index (χ2n) is 3.48. The molecule has 1 heteroatoms. The molecular weight excluding hydrogens is 148 g/mol. The molecule has 1 aliphatic rings. The fourth-order valence-corrected chi connectivity index (χ4v) is 1.62. The molecule has 0 amide bonds. The molecule has 1 fully saturated rings. The standard InChI is InChI=1S/C11H14O/c1-2-8-4-3-5-10(11(8)12)9-6-7-9/h3-5,9,12H,2,6-7H2,1H3. The number of benzene rings is 1. The van der Waals surface area contributed by atoms with Crippen LogP contribution in [0.4, 0.5) is 0 Å². The Bertz CT molecular complexity index is 287. The minimum Gasteiger partial charge on any atom is -0.507 e. The summed E-state index contributed by atoms with van der Waals surface area (Å²) in [6, 6.07) is 6.10. The monoisotopic (exact) mass is 162 g/mol. The summed E-state index contributed by atoms with van der Waals surface area (Å²) in [4.78, 5) is 0. The van der Waals surface area contributed by atoms with Crippen LogP contribution in [0.1, 0.15) is 36.8 Å². The quantitative estimate of drug-likeness (QED) is 0.709. The SMILES string of the molecule is CCc1cccc(C2CC2)c1O. The van der Waals surface area contributed by atoms with Crippen LogP contribution in [0.3, 0.4) is 0 Å². The van der Waals surface area contributed by atoms with Gasteiger partial charge in [-0.1, -0.05) is 25.1 Å². The Morgan fingerprint density at radius 2 is 2.17 bits per heavy atom. The molecule has 12 heavy (non-hydrogen) atoms. The highest BCUT2D eigenvalue weighted by Crippen LogP contribution is 2.44. The number of phenolic OH excluding ortho intramolecular Hbond substituents is 1. The fourth-order valence-electron chi connectivity index (χ4n) is 1.62. The number of hydrogen-bond acceptors (Lipinski definition) is 1. The Labute approximate surface area is 73.0 Å². The first-order valence-corrected chi connectivity index (χ1v) is 4.63. The molecule has 0 atom stereocenters. The lowest BCUT2D eigenvalue weighted by Gasteiger charge is -2.06. The van der Waals surface area contributed by atoms with E-state index in [9.17, 15) is 5.11 Å². The Hall–Kier alpha value is -0.980. The van der Waals surface area contributed by atoms with Gasteiger partial charge in [0.25, 0.3) is 0 Å². The minimum atomic E-state index is 0.544. The molecule has 1 aromatic rings. The minimum absolute atomic E-state index is 0.544. The average Bonchev–Trinajstić information content (AvgIpc) is 2.88. The molecule has 1 N–H and O–H groups in total. The molecule has 1 saturated carbocycles. The van der Waals surface area contributed by atoms with Crippen molar-refractivity contribution in [2.24, 2.45) is 0 Å². The molecule has 0 unspecified atom stereocenters. The zero-order valence-electron chi connectivity index (χ0n) is 7.38. The number of rotatable bonds is 2. The molecule has 1 aromatic carbocycles. The van der Waals surface area contributed by atoms with Crippen molar-refractivity contribution in [1.82, 2.24) is 0 Å². The van der Waals surface area contributed by atoms with Crippen LogP contribution >= 0.6 is 0 Å². The molecule has 0 spiro atoms. The van der Waals surface area contributed by atoms with E-state index in [0.29, 0.717) is 11.7 Å². The van der Waals surface area contributed by atoms with E-state index in [0.717, 1.165) is 17.5 Å². The Morgan fingerprint density at radius 3 is 2.75 bits per heavy atom. The number of hydrogen-bond donors (Lipinski definition) is 1. The first kappa shape index (κ1) is 7.66. The predicted molar refractivity (Wildman–Crippen MR) is 49.5 cm³/mol. The molecule has 0 bridgehead atoms. The van der Waals surface area contributed by atoms with Gasteiger partial charge < -0.3 is 5.11 Å². The third-order valence-electron chi connectivity index (χ3n) is 2.55. The van der Waals surface area contributed by atoms with Crippen LogP contribution in [-0.4, -0.2) is 5.11 Å². The van der Waals surface area contributed by atoms with E-state index >= 15 is 0 Å². The number of phenols is 1. The Morgan fingerprint density at radius 1 is 1.42 bits per heavy atom. The van der Waals surface area contributed by atoms with E-state index in [4.69, 9.17) is 0 Å². The summed E-state index contributed by atoms with van der Waals surface area (Å²) in [6.07, 6.45) is 3.42. The van der Waals surface area contributed by atoms with Gasteiger partial charge in [-0.2, -0.15) is 0 Å². The van der Waals surface area contributed by atoms with Gasteiger partial charge in [0.1, 0.15) is 5.75 Å². The second-order valence-corrected chi connectivity index (χ2v) is 3.48. The number of para-hydroxylation sites is 1. The first-order chi connectivity index (χ1) is 5.83. The Kier molecular flexibility index (Phi) is 1.80. The van der Waals surface area contributed by atoms with Crippen LogP contribution < -0.4 is 0 Å². The number of aromatic hydroxyl groups is 1. The van der Waals surface area contributed by atoms with Crippen LogP contribution in [0.15, 0.2) is 18.2 Å². The van der Waals surface area contributed by atoms with Crippen molar-refractivity contribution in [3.63, 3.8) is 0 Å². The van der Waals surface area contributed by atoms with E-state index in [2.05, 4.69) is 6.92 Å². The van der Waals surface area contributed by atoms with Gasteiger partial charge in [-0.3, -0.25) is 0 Å². The summed E-state index contributed by atoms with van der Waals surface area (Å²) in [5.41, 5.74) is 2.24. The van der Waals surface area contributed by atoms with Gasteiger partial charge in [0, 0.05) is 0 Å². The van der Waals surface area contributed by atoms with Crippen molar-refractivity contribution in [1.29, 1.82) is 0 Å². The summed E-state index contributed by atoms with van der Waals surface area (Å²) < 4.78 is 0. The predicted octanol–water partition coefficient (Wildman–Crippen LogP) is 2.83. The van der Waals surface area contributed by atoms with Gasteiger partial charge in [0.05, 0.1) is 0 Å². The summed E-state index contributed by atoms with van der Waals surface area (Å²) in [6.45, 7) is 2.08. The molecule has 0 radical (unpaired) electrons. The van der Waals surface area contributed by atoms with Gasteiger partial charge >= 0.3 is 0 Å². The molecule has 0 heterocycles. The smallest absolute Gasteiger partial charge is 0.122 e. The van der Waals surface area contributed by atoms with Crippen LogP contribution in [-0.2, 0) is 6.42 Å². The van der Waals surface area contributed by atoms with Gasteiger partial charge in [-0.05, 0) is 36.3 Å². The van der Waals surface area contributed by atoms with Gasteiger partial charge in [-0.25, -0.2) is 0 Å². The molecule has 1 aliphatic carbocycles. The topological polar surface area (TPSA) is 20.2 Å². The van der Waals surface area contributed by atoms with Gasteiger partial charge in [-0.15, -0.1) is 0 Å². The molecule has 0 aliphatic heterocycles. The van der Waals surface area contributed by atoms with Gasteiger partial charge in [0.15, 0.2) is 0 Å². The van der Waals surface area contributed by atoms with Crippen molar-refractivity contribution in [3.05, 3.63) is 29.3 Å². The van der Waals surface area contributed by atoms with E-state index in [1.54, 1.807) is 0 Å². The van der Waals surface area contributed by atoms with Crippen molar-refractivity contribution in [2.75, 3.05) is 0 Å². The average molecular weight is 162 g/mol. The highest BCUT2D eigenvalue weighted by molar-refractivity contribution is 5.43. The van der Waals surface area contributed by atoms with Crippen molar-refractivity contribution >= 4 is 0 Å². The lowest BCUT2D eigenvalue weighted by atomic mass is 10.0. The first-order valence-electron chi connectivity index (χ1n) is 4.63. The maximum atomic E-state index is 9.80. The summed E-state index contributed by atoms with van der Waals surface area (Å²) in [7, 11) is 0. The van der Waals surface area contributed by atoms with Crippen molar-refractivity contribution in [2.45, 2.75) is 32.1 Å². The zero-order chi connectivity index (χ0) is 8.55. The second kappa shape index (κ2) is 2.81. The number of aryl methyl sites for hydroxylation is 1. The maximum absolute atomic E-state index is 9.80. The van der Waals surface area contributed by atoms with Crippen LogP contribution in [0.5, 0.6) is 5.75 Å². The van der Waals surface area contributed by atoms with Crippen LogP contribution in [0.2, 0.25) is 0 Å². The van der Waals surface area contributed by atoms with Crippen LogP contribution in [0, 0.1) is 0 Å². The third-order valence-corrected chi connectivity index (χ3v) is 2.55. The normalized spacial score (nSPS) is 16.4. The third kappa shape index (κ3) is 1.20. The van der Waals surface area contributed by atoms with Crippen molar-refractivity contribution in [3.8, 4) is 5.75 Å². The summed E-state index contributed by atoms with van der Waals surface area (Å²) in [5.74, 6) is 1.19. The highest BCUT2D eigenvalue weighted by atomic mass is 16.3. The van der Waals surface area contributed by atoms with E-state index in [-0.39, 0.29) is 0 Å². The Balaban J connectivity index is 2.40. The van der Waals surface area contributed by atoms with E-state index in [1.807, 2.05) is 18.2 Å². The lowest BCUT2D eigenvalue weighted by molar-refractivity contribution is 0.462. The van der Waals surface area contributed by atoms with Crippen molar-refractivity contribution < 1.29 is 5.11 Å². The zero-order valence-corrected chi connectivity index (χ0v) is 7.38. The van der Waals surface area contributed by atoms with E-state index < -0.39 is 0 Å². The molecule has 64 valence electrons. The maximum Gasteiger partial charge on any atom is 0.122 e. The summed E-state index contributed by atoms with van der Waals surface area (Å²) in [5, 5.41) is 9.80. The van der Waals surface area contributed by atoms with Crippen LogP contribution in [0.25, 0.3) is 0 Å². The molecule has 0 saturated heterocycles. The molecule has 0 aromatic heterocycles. The largest absolute Gasteiger partial charge is 0.507 e.